The normalized spacial score (nSPS) is 16.3. The summed E-state index contributed by atoms with van der Waals surface area (Å²) in [6.45, 7) is 4.66. The second-order valence-electron chi connectivity index (χ2n) is 4.18. The van der Waals surface area contributed by atoms with Gasteiger partial charge < -0.3 is 14.9 Å². The molecule has 96 valence electrons. The van der Waals surface area contributed by atoms with Gasteiger partial charge in [-0.1, -0.05) is 25.9 Å². The minimum Gasteiger partial charge on any atom is -0.358 e. The van der Waals surface area contributed by atoms with Crippen LogP contribution in [0.2, 0.25) is 12.1 Å². The second kappa shape index (κ2) is 9.04. The van der Waals surface area contributed by atoms with Gasteiger partial charge in [-0.25, -0.2) is 22.5 Å². The van der Waals surface area contributed by atoms with E-state index in [4.69, 9.17) is 0 Å². The largest absolute Gasteiger partial charge is 4.00 e. The molecule has 2 rings (SSSR count). The number of allylic oxidation sites excluding steroid dienone is 8. The molecule has 0 aliphatic heterocycles. The Hall–Kier alpha value is 0.0600. The molecule has 0 aromatic carbocycles. The van der Waals surface area contributed by atoms with Gasteiger partial charge in [-0.05, 0) is 0 Å². The van der Waals surface area contributed by atoms with Crippen LogP contribution in [-0.2, 0) is 26.2 Å². The van der Waals surface area contributed by atoms with Crippen molar-refractivity contribution in [3.63, 3.8) is 0 Å². The van der Waals surface area contributed by atoms with E-state index in [1.54, 1.807) is 0 Å². The Morgan fingerprint density at radius 1 is 0.944 bits per heavy atom. The summed E-state index contributed by atoms with van der Waals surface area (Å²) in [5.74, 6) is 0. The molecule has 0 radical (unpaired) electrons. The van der Waals surface area contributed by atoms with Crippen LogP contribution >= 0.6 is 0 Å². The SMILES string of the molecule is CC[Si](CC)(C1=[C-]CC=C1)C1=[C-]CC=C1.[CH3-].[CH3-].[Zr+4]. The smallest absolute Gasteiger partial charge is 0.358 e. The molecule has 2 aliphatic carbocycles. The van der Waals surface area contributed by atoms with Crippen molar-refractivity contribution < 1.29 is 26.2 Å². The summed E-state index contributed by atoms with van der Waals surface area (Å²) in [6, 6.07) is 2.56. The Kier molecular flexibility index (Phi) is 10.2. The van der Waals surface area contributed by atoms with Gasteiger partial charge >= 0.3 is 26.2 Å². The van der Waals surface area contributed by atoms with Crippen molar-refractivity contribution in [1.82, 2.24) is 0 Å². The fraction of sp³-hybridized carbons (Fsp3) is 0.375. The molecular weight excluding hydrogens is 311 g/mol. The fourth-order valence-electron chi connectivity index (χ4n) is 2.62. The Labute approximate surface area is 134 Å². The maximum Gasteiger partial charge on any atom is 4.00 e. The van der Waals surface area contributed by atoms with Gasteiger partial charge in [0.15, 0.2) is 0 Å². The van der Waals surface area contributed by atoms with E-state index in [1.807, 2.05) is 0 Å². The van der Waals surface area contributed by atoms with E-state index < -0.39 is 8.07 Å². The van der Waals surface area contributed by atoms with E-state index in [1.165, 1.54) is 22.5 Å². The summed E-state index contributed by atoms with van der Waals surface area (Å²) >= 11 is 0. The van der Waals surface area contributed by atoms with Gasteiger partial charge in [-0.2, -0.15) is 12.2 Å². The minimum absolute atomic E-state index is 0. The van der Waals surface area contributed by atoms with E-state index in [0.29, 0.717) is 0 Å². The summed E-state index contributed by atoms with van der Waals surface area (Å²) in [5.41, 5.74) is 0. The van der Waals surface area contributed by atoms with Crippen LogP contribution < -0.4 is 0 Å². The van der Waals surface area contributed by atoms with Crippen LogP contribution in [0.5, 0.6) is 0 Å². The molecule has 0 N–H and O–H groups in total. The van der Waals surface area contributed by atoms with E-state index in [-0.39, 0.29) is 41.1 Å². The number of rotatable bonds is 4. The molecule has 0 atom stereocenters. The first kappa shape index (κ1) is 20.4. The van der Waals surface area contributed by atoms with Gasteiger partial charge in [0.1, 0.15) is 0 Å². The predicted octanol–water partition coefficient (Wildman–Crippen LogP) is 4.83. The van der Waals surface area contributed by atoms with E-state index in [9.17, 15) is 0 Å². The van der Waals surface area contributed by atoms with Crippen LogP contribution in [0.25, 0.3) is 0 Å². The van der Waals surface area contributed by atoms with Crippen molar-refractivity contribution in [2.75, 3.05) is 0 Å². The van der Waals surface area contributed by atoms with Gasteiger partial charge in [0.2, 0.25) is 0 Å². The van der Waals surface area contributed by atoms with Gasteiger partial charge in [-0.15, -0.1) is 12.8 Å². The van der Waals surface area contributed by atoms with Crippen LogP contribution in [0.4, 0.5) is 0 Å². The van der Waals surface area contributed by atoms with Crippen molar-refractivity contribution in [3.05, 3.63) is 61.7 Å². The van der Waals surface area contributed by atoms with E-state index in [2.05, 4.69) is 50.3 Å². The number of hydrogen-bond donors (Lipinski definition) is 0. The molecule has 0 heterocycles. The number of hydrogen-bond acceptors (Lipinski definition) is 0. The maximum absolute atomic E-state index is 3.55. The third-order valence-corrected chi connectivity index (χ3v) is 8.79. The molecule has 0 unspecified atom stereocenters. The minimum atomic E-state index is -1.44. The van der Waals surface area contributed by atoms with E-state index >= 15 is 0 Å². The van der Waals surface area contributed by atoms with Crippen LogP contribution in [0.1, 0.15) is 26.7 Å². The molecule has 2 heteroatoms. The quantitative estimate of drug-likeness (QED) is 0.510. The second-order valence-corrected chi connectivity index (χ2v) is 8.84. The van der Waals surface area contributed by atoms with E-state index in [0.717, 1.165) is 12.8 Å². The molecule has 0 nitrogen and oxygen atoms in total. The molecule has 0 aromatic rings. The Balaban J connectivity index is 0. The molecule has 0 aromatic heterocycles. The topological polar surface area (TPSA) is 0 Å². The predicted molar refractivity (Wildman–Crippen MR) is 80.6 cm³/mol. The monoisotopic (exact) mass is 334 g/mol. The van der Waals surface area contributed by atoms with Crippen LogP contribution in [-0.4, -0.2) is 8.07 Å². The molecule has 18 heavy (non-hydrogen) atoms. The third-order valence-electron chi connectivity index (χ3n) is 3.63. The zero-order valence-electron chi connectivity index (χ0n) is 12.1. The zero-order chi connectivity index (χ0) is 10.7. The summed E-state index contributed by atoms with van der Waals surface area (Å²) in [6.07, 6.45) is 18.2. The van der Waals surface area contributed by atoms with Crippen molar-refractivity contribution in [3.8, 4) is 0 Å². The average molecular weight is 336 g/mol. The van der Waals surface area contributed by atoms with Crippen LogP contribution in [0.3, 0.4) is 0 Å². The molecule has 0 amide bonds. The molecule has 0 bridgehead atoms. The molecule has 2 aliphatic rings. The van der Waals surface area contributed by atoms with Gasteiger partial charge in [-0.3, -0.25) is 12.2 Å². The van der Waals surface area contributed by atoms with Gasteiger partial charge in [0, 0.05) is 8.07 Å². The first-order valence-electron chi connectivity index (χ1n) is 5.89. The molecule has 0 saturated carbocycles. The Morgan fingerprint density at radius 3 is 1.56 bits per heavy atom. The summed E-state index contributed by atoms with van der Waals surface area (Å²) < 4.78 is 0. The standard InChI is InChI=1S/C14H18Si.2CH3.Zr/c1-3-15(4-2,13-9-5-6-10-13)14-11-7-8-12-14;;;/h5,7,9,11H,3-4,6,8H2,1-2H3;2*1H3;/q-2;2*-1;+4. The van der Waals surface area contributed by atoms with Crippen molar-refractivity contribution >= 4 is 8.07 Å². The molecular formula is C16H24SiZr. The third kappa shape index (κ3) is 3.54. The van der Waals surface area contributed by atoms with Crippen molar-refractivity contribution in [2.24, 2.45) is 0 Å². The first-order chi connectivity index (χ1) is 7.33. The summed E-state index contributed by atoms with van der Waals surface area (Å²) in [4.78, 5) is 0. The van der Waals surface area contributed by atoms with Gasteiger partial charge in [0.05, 0.1) is 0 Å². The van der Waals surface area contributed by atoms with Crippen LogP contribution in [0, 0.1) is 27.0 Å². The molecule has 0 fully saturated rings. The molecule has 0 saturated heterocycles. The van der Waals surface area contributed by atoms with Crippen LogP contribution in [0.15, 0.2) is 34.7 Å². The van der Waals surface area contributed by atoms with Gasteiger partial charge in [0.25, 0.3) is 0 Å². The zero-order valence-corrected chi connectivity index (χ0v) is 15.6. The Morgan fingerprint density at radius 2 is 1.33 bits per heavy atom. The first-order valence-corrected chi connectivity index (χ1v) is 8.30. The Bertz CT molecular complexity index is 325. The molecule has 0 spiro atoms. The average Bonchev–Trinajstić information content (AvgIpc) is 2.92. The summed E-state index contributed by atoms with van der Waals surface area (Å²) in [5, 5.41) is 3.03. The summed E-state index contributed by atoms with van der Waals surface area (Å²) in [7, 11) is -1.44. The maximum atomic E-state index is 3.55. The fourth-order valence-corrected chi connectivity index (χ4v) is 6.69. The van der Waals surface area contributed by atoms with Crippen molar-refractivity contribution in [1.29, 1.82) is 0 Å². The van der Waals surface area contributed by atoms with Crippen molar-refractivity contribution in [2.45, 2.75) is 38.8 Å².